The van der Waals surface area contributed by atoms with Gasteiger partial charge in [-0.25, -0.2) is 0 Å². The van der Waals surface area contributed by atoms with Crippen LogP contribution in [0.2, 0.25) is 6.04 Å². The van der Waals surface area contributed by atoms with Gasteiger partial charge in [-0.1, -0.05) is 79.7 Å². The highest BCUT2D eigenvalue weighted by atomic mass is 28.4. The summed E-state index contributed by atoms with van der Waals surface area (Å²) in [6, 6.07) is 21.4. The molecule has 2 rings (SSSR count). The first kappa shape index (κ1) is 37.4. The van der Waals surface area contributed by atoms with E-state index in [1.54, 1.807) is 0 Å². The molecule has 0 fully saturated rings. The molecule has 1 atom stereocenters. The molecule has 0 heterocycles. The number of rotatable bonds is 18. The molecule has 2 aromatic carbocycles. The Morgan fingerprint density at radius 3 is 1.39 bits per heavy atom. The van der Waals surface area contributed by atoms with Crippen molar-refractivity contribution in [3.63, 3.8) is 0 Å². The normalized spacial score (nSPS) is 13.2. The summed E-state index contributed by atoms with van der Waals surface area (Å²) in [5, 5.41) is 0. The van der Waals surface area contributed by atoms with Crippen molar-refractivity contribution >= 4 is 23.7 Å². The van der Waals surface area contributed by atoms with Crippen molar-refractivity contribution in [2.75, 3.05) is 19.8 Å². The molecule has 0 aliphatic carbocycles. The van der Waals surface area contributed by atoms with Crippen LogP contribution in [0.3, 0.4) is 0 Å². The molecular formula is C33H56O6Si2. The fourth-order valence-electron chi connectivity index (χ4n) is 4.56. The van der Waals surface area contributed by atoms with Crippen LogP contribution in [0.15, 0.2) is 66.7 Å². The molecule has 0 aromatic heterocycles. The smallest absolute Gasteiger partial charge is 0.374 e. The summed E-state index contributed by atoms with van der Waals surface area (Å²) in [6.45, 7) is 22.2. The van der Waals surface area contributed by atoms with Gasteiger partial charge in [0.05, 0.1) is 5.54 Å². The Balaban J connectivity index is 0.000000414. The maximum absolute atomic E-state index is 6.36. The van der Waals surface area contributed by atoms with E-state index in [9.17, 15) is 0 Å². The summed E-state index contributed by atoms with van der Waals surface area (Å²) in [5.74, 6) is 0. The summed E-state index contributed by atoms with van der Waals surface area (Å²) in [7, 11) is -5.39. The molecule has 0 aliphatic heterocycles. The molecule has 2 aromatic rings. The van der Waals surface area contributed by atoms with Gasteiger partial charge in [0, 0.05) is 44.2 Å². The van der Waals surface area contributed by atoms with Crippen molar-refractivity contribution in [2.45, 2.75) is 106 Å². The van der Waals surface area contributed by atoms with E-state index < -0.39 is 17.6 Å². The molecule has 0 N–H and O–H groups in total. The van der Waals surface area contributed by atoms with Crippen LogP contribution in [0.25, 0.3) is 6.08 Å². The predicted molar refractivity (Wildman–Crippen MR) is 175 cm³/mol. The van der Waals surface area contributed by atoms with Gasteiger partial charge in [-0.05, 0) is 79.9 Å². The predicted octanol–water partition coefficient (Wildman–Crippen LogP) is 8.68. The van der Waals surface area contributed by atoms with E-state index in [2.05, 4.69) is 55.5 Å². The summed E-state index contributed by atoms with van der Waals surface area (Å²) in [6.07, 6.45) is 5.31. The molecular weight excluding hydrogens is 549 g/mol. The van der Waals surface area contributed by atoms with Gasteiger partial charge < -0.3 is 26.6 Å². The van der Waals surface area contributed by atoms with Crippen LogP contribution in [0, 0.1) is 0 Å². The highest BCUT2D eigenvalue weighted by Gasteiger charge is 2.51. The Morgan fingerprint density at radius 1 is 0.610 bits per heavy atom. The molecule has 0 saturated carbocycles. The molecule has 0 bridgehead atoms. The molecule has 0 amide bonds. The number of benzene rings is 2. The Bertz CT molecular complexity index is 894. The molecule has 232 valence electrons. The van der Waals surface area contributed by atoms with E-state index in [1.807, 2.05) is 86.6 Å². The van der Waals surface area contributed by atoms with Crippen molar-refractivity contribution in [3.8, 4) is 0 Å². The van der Waals surface area contributed by atoms with E-state index in [4.69, 9.17) is 26.6 Å². The molecule has 6 nitrogen and oxygen atoms in total. The highest BCUT2D eigenvalue weighted by Crippen LogP contribution is 2.35. The fraction of sp³-hybridized carbons (Fsp3) is 0.576. The lowest BCUT2D eigenvalue weighted by molar-refractivity contribution is -0.00485. The second kappa shape index (κ2) is 20.3. The molecule has 41 heavy (non-hydrogen) atoms. The van der Waals surface area contributed by atoms with Gasteiger partial charge in [-0.15, -0.1) is 0 Å². The number of hydrogen-bond donors (Lipinski definition) is 0. The van der Waals surface area contributed by atoms with Crippen LogP contribution < -0.4 is 0 Å². The van der Waals surface area contributed by atoms with Gasteiger partial charge >= 0.3 is 17.6 Å². The van der Waals surface area contributed by atoms with Crippen molar-refractivity contribution in [3.05, 3.63) is 77.9 Å². The van der Waals surface area contributed by atoms with E-state index in [-0.39, 0.29) is 23.9 Å². The molecule has 0 radical (unpaired) electrons. The van der Waals surface area contributed by atoms with E-state index in [1.165, 1.54) is 11.1 Å². The van der Waals surface area contributed by atoms with Gasteiger partial charge in [0.2, 0.25) is 0 Å². The Morgan fingerprint density at radius 2 is 1.02 bits per heavy atom. The van der Waals surface area contributed by atoms with Gasteiger partial charge in [0.15, 0.2) is 0 Å². The minimum Gasteiger partial charge on any atom is -0.374 e. The monoisotopic (exact) mass is 604 g/mol. The van der Waals surface area contributed by atoms with Crippen LogP contribution in [0.4, 0.5) is 0 Å². The minimum absolute atomic E-state index is 0.0712. The van der Waals surface area contributed by atoms with Crippen LogP contribution in [0.5, 0.6) is 0 Å². The Hall–Kier alpha value is -1.63. The summed E-state index contributed by atoms with van der Waals surface area (Å²) in [4.78, 5) is 0. The zero-order chi connectivity index (χ0) is 30.7. The summed E-state index contributed by atoms with van der Waals surface area (Å²) < 4.78 is 36.5. The van der Waals surface area contributed by atoms with Crippen LogP contribution in [0.1, 0.15) is 92.3 Å². The topological polar surface area (TPSA) is 55.4 Å². The largest absolute Gasteiger partial charge is 0.509 e. The van der Waals surface area contributed by atoms with Gasteiger partial charge in [0.25, 0.3) is 0 Å². The number of allylic oxidation sites excluding steroid dienone is 1. The fourth-order valence-corrected chi connectivity index (χ4v) is 10.6. The van der Waals surface area contributed by atoms with E-state index in [0.29, 0.717) is 25.9 Å². The molecule has 1 unspecified atom stereocenters. The molecule has 0 saturated heterocycles. The third kappa shape index (κ3) is 13.9. The van der Waals surface area contributed by atoms with Crippen molar-refractivity contribution in [1.82, 2.24) is 0 Å². The number of hydrogen-bond acceptors (Lipinski definition) is 6. The first-order valence-corrected chi connectivity index (χ1v) is 19.0. The van der Waals surface area contributed by atoms with E-state index in [0.717, 1.165) is 6.42 Å². The average molecular weight is 605 g/mol. The zero-order valence-corrected chi connectivity index (χ0v) is 29.2. The minimum atomic E-state index is -2.86. The van der Waals surface area contributed by atoms with Crippen molar-refractivity contribution < 1.29 is 26.6 Å². The summed E-state index contributed by atoms with van der Waals surface area (Å²) in [5.41, 5.74) is 2.56. The maximum atomic E-state index is 6.36. The van der Waals surface area contributed by atoms with Crippen LogP contribution in [-0.4, -0.2) is 55.7 Å². The Labute approximate surface area is 253 Å². The average Bonchev–Trinajstić information content (AvgIpc) is 2.90. The quantitative estimate of drug-likeness (QED) is 0.159. The second-order valence-electron chi connectivity index (χ2n) is 10.5. The van der Waals surface area contributed by atoms with Crippen molar-refractivity contribution in [2.24, 2.45) is 0 Å². The second-order valence-corrected chi connectivity index (χ2v) is 15.7. The van der Waals surface area contributed by atoms with Gasteiger partial charge in [0.1, 0.15) is 0 Å². The maximum Gasteiger partial charge on any atom is 0.509 e. The molecule has 0 spiro atoms. The Kier molecular flexibility index (Phi) is 18.5. The highest BCUT2D eigenvalue weighted by molar-refractivity contribution is 6.62. The zero-order valence-electron chi connectivity index (χ0n) is 27.2. The SMILES string of the molecule is CCC(c1ccccc1)[Si](OC(C)C)(OC(C)C)OC(C)C.CCO[Si](CC=Cc1ccccc1)(OCC)OCC. The van der Waals surface area contributed by atoms with Crippen LogP contribution in [-0.2, 0) is 26.6 Å². The standard InChI is InChI=1S/C18H32O3Si.C15H24O3Si/c1-8-18(17-12-10-9-11-13-17)22(19-14(2)3,20-15(4)5)21-16(6)7;1-4-16-19(17-5-2,18-6-3)14-10-13-15-11-8-7-9-12-15/h9-16,18H,8H2,1-7H3;7-13H,4-6,14H2,1-3H3. The van der Waals surface area contributed by atoms with Gasteiger partial charge in [-0.2, -0.15) is 0 Å². The lowest BCUT2D eigenvalue weighted by atomic mass is 10.1. The van der Waals surface area contributed by atoms with E-state index >= 15 is 0 Å². The van der Waals surface area contributed by atoms with Gasteiger partial charge in [-0.3, -0.25) is 0 Å². The third-order valence-corrected chi connectivity index (χ3v) is 12.7. The third-order valence-electron chi connectivity index (χ3n) is 5.81. The lowest BCUT2D eigenvalue weighted by Gasteiger charge is -2.39. The van der Waals surface area contributed by atoms with Crippen LogP contribution >= 0.6 is 0 Å². The molecule has 0 aliphatic rings. The first-order valence-electron chi connectivity index (χ1n) is 15.3. The molecule has 8 heteroatoms. The lowest BCUT2D eigenvalue weighted by Crippen LogP contribution is -2.55. The van der Waals surface area contributed by atoms with Crippen molar-refractivity contribution in [1.29, 1.82) is 0 Å². The first-order chi connectivity index (χ1) is 19.6. The summed E-state index contributed by atoms with van der Waals surface area (Å²) >= 11 is 0.